The van der Waals surface area contributed by atoms with Crippen LogP contribution in [0.1, 0.15) is 10.4 Å². The first kappa shape index (κ1) is 13.4. The largest absolute Gasteiger partial charge is 0.492 e. The lowest BCUT2D eigenvalue weighted by Gasteiger charge is -2.18. The van der Waals surface area contributed by atoms with Crippen molar-refractivity contribution in [1.29, 1.82) is 0 Å². The SMILES string of the molecule is COc1c(Cl)c(C=O)c(OC)c(OC)c1OC. The number of benzene rings is 1. The van der Waals surface area contributed by atoms with Crippen LogP contribution in [0.4, 0.5) is 0 Å². The Morgan fingerprint density at radius 2 is 1.24 bits per heavy atom. The monoisotopic (exact) mass is 260 g/mol. The lowest BCUT2D eigenvalue weighted by Crippen LogP contribution is -2.02. The third-order valence-electron chi connectivity index (χ3n) is 2.23. The van der Waals surface area contributed by atoms with Gasteiger partial charge in [-0.05, 0) is 0 Å². The van der Waals surface area contributed by atoms with Crippen LogP contribution in [0, 0.1) is 0 Å². The summed E-state index contributed by atoms with van der Waals surface area (Å²) in [6.45, 7) is 0. The maximum Gasteiger partial charge on any atom is 0.208 e. The van der Waals surface area contributed by atoms with E-state index in [0.717, 1.165) is 0 Å². The van der Waals surface area contributed by atoms with E-state index < -0.39 is 0 Å². The highest BCUT2D eigenvalue weighted by atomic mass is 35.5. The Balaban J connectivity index is 3.72. The number of hydrogen-bond acceptors (Lipinski definition) is 5. The molecule has 0 unspecified atom stereocenters. The highest BCUT2D eigenvalue weighted by Crippen LogP contribution is 2.50. The van der Waals surface area contributed by atoms with Gasteiger partial charge in [0.25, 0.3) is 0 Å². The van der Waals surface area contributed by atoms with Crippen LogP contribution in [-0.4, -0.2) is 34.7 Å². The number of carbonyl (C=O) groups excluding carboxylic acids is 1. The molecule has 0 aliphatic heterocycles. The zero-order valence-corrected chi connectivity index (χ0v) is 10.8. The second kappa shape index (κ2) is 5.63. The summed E-state index contributed by atoms with van der Waals surface area (Å²) < 4.78 is 20.5. The number of aldehydes is 1. The molecule has 1 aromatic carbocycles. The van der Waals surface area contributed by atoms with Crippen LogP contribution in [-0.2, 0) is 0 Å². The molecule has 5 nitrogen and oxygen atoms in total. The average Bonchev–Trinajstić information content (AvgIpc) is 2.36. The Morgan fingerprint density at radius 1 is 0.824 bits per heavy atom. The Morgan fingerprint density at radius 3 is 1.59 bits per heavy atom. The van der Waals surface area contributed by atoms with Crippen LogP contribution in [0.25, 0.3) is 0 Å². The van der Waals surface area contributed by atoms with Crippen molar-refractivity contribution in [2.24, 2.45) is 0 Å². The predicted molar refractivity (Wildman–Crippen MR) is 63.0 cm³/mol. The number of hydrogen-bond donors (Lipinski definition) is 0. The van der Waals surface area contributed by atoms with Crippen LogP contribution < -0.4 is 18.9 Å². The first-order valence-corrected chi connectivity index (χ1v) is 5.04. The number of carbonyl (C=O) groups is 1. The predicted octanol–water partition coefficient (Wildman–Crippen LogP) is 2.19. The Bertz CT molecular complexity index is 431. The molecule has 1 aromatic rings. The molecule has 0 bridgehead atoms. The minimum Gasteiger partial charge on any atom is -0.492 e. The van der Waals surface area contributed by atoms with Gasteiger partial charge in [-0.25, -0.2) is 0 Å². The molecule has 0 N–H and O–H groups in total. The zero-order chi connectivity index (χ0) is 13.0. The lowest BCUT2D eigenvalue weighted by molar-refractivity contribution is 0.111. The summed E-state index contributed by atoms with van der Waals surface area (Å²) >= 11 is 6.03. The molecule has 6 heteroatoms. The number of methoxy groups -OCH3 is 4. The van der Waals surface area contributed by atoms with Gasteiger partial charge in [-0.15, -0.1) is 0 Å². The van der Waals surface area contributed by atoms with Gasteiger partial charge < -0.3 is 18.9 Å². The Hall–Kier alpha value is -1.62. The molecule has 0 amide bonds. The molecular formula is C11H13ClO5. The number of ether oxygens (including phenoxy) is 4. The van der Waals surface area contributed by atoms with E-state index in [-0.39, 0.29) is 33.6 Å². The van der Waals surface area contributed by atoms with Gasteiger partial charge in [-0.1, -0.05) is 11.6 Å². The van der Waals surface area contributed by atoms with Crippen molar-refractivity contribution in [1.82, 2.24) is 0 Å². The Kier molecular flexibility index (Phi) is 4.45. The minimum absolute atomic E-state index is 0.122. The van der Waals surface area contributed by atoms with Crippen LogP contribution >= 0.6 is 11.6 Å². The summed E-state index contributed by atoms with van der Waals surface area (Å²) in [6.07, 6.45) is 0.575. The second-order valence-electron chi connectivity index (χ2n) is 2.98. The average molecular weight is 261 g/mol. The summed E-state index contributed by atoms with van der Waals surface area (Å²) in [5.74, 6) is 0.986. The topological polar surface area (TPSA) is 54.0 Å². The van der Waals surface area contributed by atoms with Gasteiger partial charge >= 0.3 is 0 Å². The van der Waals surface area contributed by atoms with Gasteiger partial charge in [0.2, 0.25) is 11.5 Å². The molecule has 94 valence electrons. The van der Waals surface area contributed by atoms with Gasteiger partial charge in [-0.2, -0.15) is 0 Å². The summed E-state index contributed by atoms with van der Waals surface area (Å²) in [5, 5.41) is 0.122. The summed E-state index contributed by atoms with van der Waals surface area (Å²) in [6, 6.07) is 0. The van der Waals surface area contributed by atoms with Crippen molar-refractivity contribution in [3.63, 3.8) is 0 Å². The zero-order valence-electron chi connectivity index (χ0n) is 10.00. The van der Waals surface area contributed by atoms with Gasteiger partial charge in [0.05, 0.1) is 34.0 Å². The van der Waals surface area contributed by atoms with Crippen LogP contribution in [0.2, 0.25) is 5.02 Å². The molecule has 0 saturated carbocycles. The third kappa shape index (κ3) is 2.10. The molecule has 0 fully saturated rings. The molecule has 0 atom stereocenters. The standard InChI is InChI=1S/C11H13ClO5/c1-14-8-6(5-13)7(12)9(15-2)11(17-4)10(8)16-3/h5H,1-4H3. The normalized spacial score (nSPS) is 9.71. The van der Waals surface area contributed by atoms with Crippen molar-refractivity contribution in [2.45, 2.75) is 0 Å². The molecule has 0 saturated heterocycles. The van der Waals surface area contributed by atoms with Crippen molar-refractivity contribution < 1.29 is 23.7 Å². The lowest BCUT2D eigenvalue weighted by atomic mass is 10.1. The van der Waals surface area contributed by atoms with Gasteiger partial charge in [-0.3, -0.25) is 4.79 Å². The molecule has 0 spiro atoms. The van der Waals surface area contributed by atoms with Crippen molar-refractivity contribution in [3.8, 4) is 23.0 Å². The van der Waals surface area contributed by atoms with E-state index in [2.05, 4.69) is 0 Å². The smallest absolute Gasteiger partial charge is 0.208 e. The maximum absolute atomic E-state index is 11.0. The summed E-state index contributed by atoms with van der Waals surface area (Å²) in [4.78, 5) is 11.0. The number of rotatable bonds is 5. The molecule has 0 aromatic heterocycles. The molecule has 17 heavy (non-hydrogen) atoms. The second-order valence-corrected chi connectivity index (χ2v) is 3.36. The fourth-order valence-corrected chi connectivity index (χ4v) is 1.80. The van der Waals surface area contributed by atoms with Gasteiger partial charge in [0.1, 0.15) is 5.02 Å². The summed E-state index contributed by atoms with van der Waals surface area (Å²) in [7, 11) is 5.70. The molecule has 0 aliphatic rings. The first-order chi connectivity index (χ1) is 8.15. The van der Waals surface area contributed by atoms with Crippen LogP contribution in [0.15, 0.2) is 0 Å². The van der Waals surface area contributed by atoms with Gasteiger partial charge in [0.15, 0.2) is 17.8 Å². The molecular weight excluding hydrogens is 248 g/mol. The highest BCUT2D eigenvalue weighted by Gasteiger charge is 2.26. The van der Waals surface area contributed by atoms with E-state index in [1.165, 1.54) is 28.4 Å². The van der Waals surface area contributed by atoms with E-state index in [4.69, 9.17) is 30.5 Å². The molecule has 1 rings (SSSR count). The van der Waals surface area contributed by atoms with Crippen LogP contribution in [0.5, 0.6) is 23.0 Å². The van der Waals surface area contributed by atoms with Crippen molar-refractivity contribution >= 4 is 17.9 Å². The van der Waals surface area contributed by atoms with Crippen molar-refractivity contribution in [3.05, 3.63) is 10.6 Å². The molecule has 0 aliphatic carbocycles. The van der Waals surface area contributed by atoms with E-state index in [1.807, 2.05) is 0 Å². The van der Waals surface area contributed by atoms with Crippen molar-refractivity contribution in [2.75, 3.05) is 28.4 Å². The van der Waals surface area contributed by atoms with E-state index in [9.17, 15) is 4.79 Å². The molecule has 0 radical (unpaired) electrons. The molecule has 0 heterocycles. The maximum atomic E-state index is 11.0. The van der Waals surface area contributed by atoms with E-state index in [0.29, 0.717) is 6.29 Å². The quantitative estimate of drug-likeness (QED) is 0.760. The van der Waals surface area contributed by atoms with Gasteiger partial charge in [0, 0.05) is 0 Å². The first-order valence-electron chi connectivity index (χ1n) is 4.66. The Labute approximate surface area is 104 Å². The summed E-state index contributed by atoms with van der Waals surface area (Å²) in [5.41, 5.74) is 0.156. The van der Waals surface area contributed by atoms with E-state index in [1.54, 1.807) is 0 Å². The highest BCUT2D eigenvalue weighted by molar-refractivity contribution is 6.35. The van der Waals surface area contributed by atoms with E-state index >= 15 is 0 Å². The fraction of sp³-hybridized carbons (Fsp3) is 0.364. The fourth-order valence-electron chi connectivity index (χ4n) is 1.51. The number of halogens is 1. The third-order valence-corrected chi connectivity index (χ3v) is 2.61. The van der Waals surface area contributed by atoms with Crippen LogP contribution in [0.3, 0.4) is 0 Å². The minimum atomic E-state index is 0.122.